The number of methoxy groups -OCH3 is 1. The molecule has 0 heterocycles. The Morgan fingerprint density at radius 3 is 2.39 bits per heavy atom. The van der Waals surface area contributed by atoms with Gasteiger partial charge < -0.3 is 15.2 Å². The lowest BCUT2D eigenvalue weighted by Gasteiger charge is -2.10. The van der Waals surface area contributed by atoms with Gasteiger partial charge in [0.1, 0.15) is 11.5 Å². The van der Waals surface area contributed by atoms with Crippen LogP contribution in [0, 0.1) is 0 Å². The van der Waals surface area contributed by atoms with E-state index in [1.165, 1.54) is 13.2 Å². The first-order chi connectivity index (χ1) is 10.8. The summed E-state index contributed by atoms with van der Waals surface area (Å²) in [4.78, 5) is 11.9. The largest absolute Gasteiger partial charge is 0.508 e. The van der Waals surface area contributed by atoms with Crippen LogP contribution in [0.15, 0.2) is 42.5 Å². The minimum Gasteiger partial charge on any atom is -0.508 e. The highest BCUT2D eigenvalue weighted by Crippen LogP contribution is 2.29. The molecule has 0 aliphatic heterocycles. The van der Waals surface area contributed by atoms with Crippen molar-refractivity contribution < 1.29 is 27.8 Å². The van der Waals surface area contributed by atoms with Crippen molar-refractivity contribution in [2.24, 2.45) is 0 Å². The second-order valence-corrected chi connectivity index (χ2v) is 4.75. The molecule has 0 bridgehead atoms. The summed E-state index contributed by atoms with van der Waals surface area (Å²) in [5.41, 5.74) is -0.288. The van der Waals surface area contributed by atoms with Crippen LogP contribution in [-0.4, -0.2) is 18.1 Å². The number of amides is 1. The molecule has 0 radical (unpaired) electrons. The van der Waals surface area contributed by atoms with Gasteiger partial charge in [-0.25, -0.2) is 0 Å². The molecule has 0 saturated carbocycles. The molecule has 2 N–H and O–H groups in total. The minimum absolute atomic E-state index is 0.0153. The van der Waals surface area contributed by atoms with Crippen LogP contribution in [0.3, 0.4) is 0 Å². The van der Waals surface area contributed by atoms with Crippen molar-refractivity contribution in [2.45, 2.75) is 12.7 Å². The molecular formula is C16H14F3NO3. The number of nitrogens with one attached hydrogen (secondary N) is 1. The fraction of sp³-hybridized carbons (Fsp3) is 0.188. The Kier molecular flexibility index (Phi) is 4.78. The zero-order valence-electron chi connectivity index (χ0n) is 12.1. The van der Waals surface area contributed by atoms with E-state index in [9.17, 15) is 23.1 Å². The number of carbonyl (C=O) groups is 1. The van der Waals surface area contributed by atoms with Gasteiger partial charge in [0.25, 0.3) is 5.91 Å². The van der Waals surface area contributed by atoms with Crippen LogP contribution in [0.5, 0.6) is 11.5 Å². The molecular weight excluding hydrogens is 311 g/mol. The summed E-state index contributed by atoms with van der Waals surface area (Å²) in [7, 11) is 1.47. The number of phenols is 1. The zero-order valence-corrected chi connectivity index (χ0v) is 12.1. The topological polar surface area (TPSA) is 58.6 Å². The SMILES string of the molecule is COc1ccc(O)c(CNC(=O)c2ccc(C(F)(F)F)cc2)c1. The van der Waals surface area contributed by atoms with Crippen LogP contribution in [0.1, 0.15) is 21.5 Å². The summed E-state index contributed by atoms with van der Waals surface area (Å²) in [5, 5.41) is 12.2. The number of phenolic OH excluding ortho intramolecular Hbond substituents is 1. The van der Waals surface area contributed by atoms with Crippen molar-refractivity contribution in [1.82, 2.24) is 5.32 Å². The van der Waals surface area contributed by atoms with E-state index >= 15 is 0 Å². The highest BCUT2D eigenvalue weighted by molar-refractivity contribution is 5.94. The predicted octanol–water partition coefficient (Wildman–Crippen LogP) is 3.35. The molecule has 2 rings (SSSR count). The number of alkyl halides is 3. The molecule has 2 aromatic rings. The number of hydrogen-bond acceptors (Lipinski definition) is 3. The summed E-state index contributed by atoms with van der Waals surface area (Å²) in [6.45, 7) is 0.0168. The van der Waals surface area contributed by atoms with Crippen LogP contribution in [0.2, 0.25) is 0 Å². The van der Waals surface area contributed by atoms with Crippen molar-refractivity contribution >= 4 is 5.91 Å². The molecule has 0 aliphatic rings. The fourth-order valence-corrected chi connectivity index (χ4v) is 1.92. The number of benzene rings is 2. The van der Waals surface area contributed by atoms with E-state index in [2.05, 4.69) is 5.32 Å². The van der Waals surface area contributed by atoms with Gasteiger partial charge in [0, 0.05) is 17.7 Å². The van der Waals surface area contributed by atoms with E-state index in [0.29, 0.717) is 11.3 Å². The van der Waals surface area contributed by atoms with Gasteiger partial charge in [0.2, 0.25) is 0 Å². The van der Waals surface area contributed by atoms with Crippen molar-refractivity contribution in [3.63, 3.8) is 0 Å². The normalized spacial score (nSPS) is 11.1. The van der Waals surface area contributed by atoms with Gasteiger partial charge in [-0.15, -0.1) is 0 Å². The molecule has 7 heteroatoms. The average Bonchev–Trinajstić information content (AvgIpc) is 2.53. The molecule has 4 nitrogen and oxygen atoms in total. The summed E-state index contributed by atoms with van der Waals surface area (Å²) >= 11 is 0. The van der Waals surface area contributed by atoms with Gasteiger partial charge >= 0.3 is 6.18 Å². The van der Waals surface area contributed by atoms with Gasteiger partial charge in [-0.05, 0) is 42.5 Å². The van der Waals surface area contributed by atoms with Crippen molar-refractivity contribution in [3.05, 3.63) is 59.2 Å². The molecule has 0 spiro atoms. The van der Waals surface area contributed by atoms with Gasteiger partial charge in [0.05, 0.1) is 12.7 Å². The summed E-state index contributed by atoms with van der Waals surface area (Å²) in [5.74, 6) is -0.0407. The molecule has 0 fully saturated rings. The standard InChI is InChI=1S/C16H14F3NO3/c1-23-13-6-7-14(21)11(8-13)9-20-15(22)10-2-4-12(5-3-10)16(17,18)19/h2-8,21H,9H2,1H3,(H,20,22). The molecule has 23 heavy (non-hydrogen) atoms. The zero-order chi connectivity index (χ0) is 17.0. The third-order valence-corrected chi connectivity index (χ3v) is 3.20. The Hall–Kier alpha value is -2.70. The van der Waals surface area contributed by atoms with Crippen LogP contribution in [-0.2, 0) is 12.7 Å². The van der Waals surface area contributed by atoms with E-state index in [1.807, 2.05) is 0 Å². The summed E-state index contributed by atoms with van der Waals surface area (Å²) in [6.07, 6.45) is -4.44. The third-order valence-electron chi connectivity index (χ3n) is 3.20. The first-order valence-electron chi connectivity index (χ1n) is 6.62. The van der Waals surface area contributed by atoms with Gasteiger partial charge in [-0.3, -0.25) is 4.79 Å². The smallest absolute Gasteiger partial charge is 0.416 e. The Labute approximate surface area is 130 Å². The number of hydrogen-bond donors (Lipinski definition) is 2. The molecule has 0 saturated heterocycles. The van der Waals surface area contributed by atoms with Gasteiger partial charge in [-0.1, -0.05) is 0 Å². The molecule has 1 amide bonds. The molecule has 122 valence electrons. The maximum absolute atomic E-state index is 12.5. The van der Waals surface area contributed by atoms with Crippen molar-refractivity contribution in [1.29, 1.82) is 0 Å². The van der Waals surface area contributed by atoms with E-state index in [0.717, 1.165) is 24.3 Å². The second-order valence-electron chi connectivity index (χ2n) is 4.75. The molecule has 0 unspecified atom stereocenters. The Balaban J connectivity index is 2.05. The van der Waals surface area contributed by atoms with E-state index in [1.54, 1.807) is 12.1 Å². The monoisotopic (exact) mass is 325 g/mol. The number of rotatable bonds is 4. The van der Waals surface area contributed by atoms with Crippen LogP contribution < -0.4 is 10.1 Å². The maximum atomic E-state index is 12.5. The molecule has 0 aromatic heterocycles. The second kappa shape index (κ2) is 6.60. The van der Waals surface area contributed by atoms with E-state index in [4.69, 9.17) is 4.74 Å². The first-order valence-corrected chi connectivity index (χ1v) is 6.62. The Bertz CT molecular complexity index is 697. The van der Waals surface area contributed by atoms with E-state index in [-0.39, 0.29) is 17.9 Å². The lowest BCUT2D eigenvalue weighted by atomic mass is 10.1. The Morgan fingerprint density at radius 1 is 1.17 bits per heavy atom. The Morgan fingerprint density at radius 2 is 1.83 bits per heavy atom. The molecule has 0 atom stereocenters. The number of aromatic hydroxyl groups is 1. The van der Waals surface area contributed by atoms with Gasteiger partial charge in [-0.2, -0.15) is 13.2 Å². The van der Waals surface area contributed by atoms with Crippen molar-refractivity contribution in [3.8, 4) is 11.5 Å². The number of carbonyl (C=O) groups excluding carboxylic acids is 1. The quantitative estimate of drug-likeness (QED) is 0.906. The van der Waals surface area contributed by atoms with Crippen LogP contribution in [0.25, 0.3) is 0 Å². The summed E-state index contributed by atoms with van der Waals surface area (Å²) in [6, 6.07) is 8.44. The maximum Gasteiger partial charge on any atom is 0.416 e. The predicted molar refractivity (Wildman–Crippen MR) is 77.3 cm³/mol. The highest BCUT2D eigenvalue weighted by atomic mass is 19.4. The molecule has 0 aliphatic carbocycles. The van der Waals surface area contributed by atoms with E-state index < -0.39 is 17.6 Å². The summed E-state index contributed by atoms with van der Waals surface area (Å²) < 4.78 is 42.4. The van der Waals surface area contributed by atoms with Crippen molar-refractivity contribution in [2.75, 3.05) is 7.11 Å². The lowest BCUT2D eigenvalue weighted by Crippen LogP contribution is -2.23. The third kappa shape index (κ3) is 4.15. The number of ether oxygens (including phenoxy) is 1. The highest BCUT2D eigenvalue weighted by Gasteiger charge is 2.30. The molecule has 2 aromatic carbocycles. The van der Waals surface area contributed by atoms with Gasteiger partial charge in [0.15, 0.2) is 0 Å². The van der Waals surface area contributed by atoms with Crippen LogP contribution >= 0.6 is 0 Å². The average molecular weight is 325 g/mol. The lowest BCUT2D eigenvalue weighted by molar-refractivity contribution is -0.137. The fourth-order valence-electron chi connectivity index (χ4n) is 1.92. The number of halogens is 3. The first kappa shape index (κ1) is 16.7. The van der Waals surface area contributed by atoms with Crippen LogP contribution in [0.4, 0.5) is 13.2 Å². The minimum atomic E-state index is -4.44.